The van der Waals surface area contributed by atoms with Crippen LogP contribution in [0.25, 0.3) is 22.2 Å². The number of carboxylic acid groups (broad SMARTS) is 2. The SMILES string of the molecule is COc1ccc(-c2[nH]c3cc(C)c(C4CCN(C5CCN(C(C)C)CC5)CC4)cc3c2C)cc1OC.O=C(O)C(F)(F)F.O=C(O)C(F)(F)F. The molecule has 2 aromatic carbocycles. The van der Waals surface area contributed by atoms with E-state index in [2.05, 4.69) is 66.7 Å². The normalized spacial score (nSPS) is 16.7. The molecule has 1 aromatic heterocycles. The van der Waals surface area contributed by atoms with Gasteiger partial charge < -0.3 is 34.5 Å². The molecule has 0 aliphatic carbocycles. The third-order valence-electron chi connectivity index (χ3n) is 9.32. The van der Waals surface area contributed by atoms with Gasteiger partial charge in [-0.2, -0.15) is 26.3 Å². The summed E-state index contributed by atoms with van der Waals surface area (Å²) in [6, 6.07) is 12.4. The molecule has 2 fully saturated rings. The number of nitrogens with zero attached hydrogens (tertiary/aromatic N) is 2. The first-order valence-corrected chi connectivity index (χ1v) is 16.2. The Morgan fingerprint density at radius 3 is 1.80 bits per heavy atom. The van der Waals surface area contributed by atoms with Crippen LogP contribution in [0.15, 0.2) is 30.3 Å². The van der Waals surface area contributed by atoms with Crippen molar-refractivity contribution in [2.75, 3.05) is 40.4 Å². The highest BCUT2D eigenvalue weighted by atomic mass is 19.4. The fraction of sp³-hybridized carbons (Fsp3) is 0.543. The molecule has 0 saturated carbocycles. The minimum absolute atomic E-state index is 0.653. The van der Waals surface area contributed by atoms with E-state index in [4.69, 9.17) is 29.3 Å². The van der Waals surface area contributed by atoms with Gasteiger partial charge in [0.1, 0.15) is 0 Å². The molecule has 0 spiro atoms. The van der Waals surface area contributed by atoms with Crippen LogP contribution in [0.3, 0.4) is 0 Å². The number of nitrogens with one attached hydrogen (secondary N) is 1. The number of alkyl halides is 6. The second-order valence-electron chi connectivity index (χ2n) is 12.7. The molecule has 3 heterocycles. The zero-order chi connectivity index (χ0) is 37.6. The Morgan fingerprint density at radius 2 is 1.34 bits per heavy atom. The van der Waals surface area contributed by atoms with Gasteiger partial charge in [0.05, 0.1) is 14.2 Å². The van der Waals surface area contributed by atoms with Crippen molar-refractivity contribution in [1.82, 2.24) is 14.8 Å². The predicted molar refractivity (Wildman–Crippen MR) is 177 cm³/mol. The van der Waals surface area contributed by atoms with Crippen molar-refractivity contribution in [3.05, 3.63) is 47.0 Å². The van der Waals surface area contributed by atoms with Crippen molar-refractivity contribution in [1.29, 1.82) is 0 Å². The number of halogens is 6. The quantitative estimate of drug-likeness (QED) is 0.222. The number of H-pyrrole nitrogens is 1. The maximum atomic E-state index is 10.6. The molecule has 278 valence electrons. The maximum Gasteiger partial charge on any atom is 0.490 e. The third kappa shape index (κ3) is 10.3. The summed E-state index contributed by atoms with van der Waals surface area (Å²) < 4.78 is 74.5. The topological polar surface area (TPSA) is 115 Å². The molecule has 0 bridgehead atoms. The lowest BCUT2D eigenvalue weighted by atomic mass is 9.85. The molecule has 5 rings (SSSR count). The van der Waals surface area contributed by atoms with E-state index in [0.717, 1.165) is 28.8 Å². The van der Waals surface area contributed by atoms with E-state index in [0.29, 0.717) is 12.0 Å². The van der Waals surface area contributed by atoms with Gasteiger partial charge in [0.2, 0.25) is 0 Å². The lowest BCUT2D eigenvalue weighted by molar-refractivity contribution is -0.193. The van der Waals surface area contributed by atoms with Crippen LogP contribution in [0.1, 0.15) is 62.1 Å². The Labute approximate surface area is 287 Å². The number of hydrogen-bond donors (Lipinski definition) is 3. The van der Waals surface area contributed by atoms with Gasteiger partial charge in [-0.1, -0.05) is 0 Å². The molecule has 50 heavy (non-hydrogen) atoms. The molecule has 0 amide bonds. The van der Waals surface area contributed by atoms with Crippen molar-refractivity contribution in [2.24, 2.45) is 0 Å². The summed E-state index contributed by atoms with van der Waals surface area (Å²) >= 11 is 0. The second-order valence-corrected chi connectivity index (χ2v) is 12.7. The number of hydrogen-bond acceptors (Lipinski definition) is 6. The molecule has 2 aliphatic heterocycles. The van der Waals surface area contributed by atoms with E-state index < -0.39 is 24.3 Å². The average Bonchev–Trinajstić information content (AvgIpc) is 3.38. The smallest absolute Gasteiger partial charge is 0.490 e. The first-order valence-electron chi connectivity index (χ1n) is 16.2. The average molecular weight is 718 g/mol. The molecule has 2 aliphatic rings. The fourth-order valence-corrected chi connectivity index (χ4v) is 6.56. The number of ether oxygens (including phenoxy) is 2. The maximum absolute atomic E-state index is 10.6. The van der Waals surface area contributed by atoms with E-state index in [-0.39, 0.29) is 0 Å². The molecule has 15 heteroatoms. The zero-order valence-electron chi connectivity index (χ0n) is 29.0. The van der Waals surface area contributed by atoms with Crippen molar-refractivity contribution in [3.8, 4) is 22.8 Å². The number of carboxylic acids is 2. The summed E-state index contributed by atoms with van der Waals surface area (Å²) in [5, 5.41) is 15.6. The standard InChI is InChI=1S/C31H43N3O2.2C2HF3O2/c1-20(2)33-15-11-25(12-16-33)34-13-9-23(10-14-34)26-19-27-22(4)31(32-28(27)17-21(26)3)24-7-8-29(35-5)30(18-24)36-6;2*3-2(4,5)1(6)7/h7-8,17-20,23,25,32H,9-16H2,1-6H3;2*(H,6,7). The van der Waals surface area contributed by atoms with Gasteiger partial charge in [-0.3, -0.25) is 0 Å². The van der Waals surface area contributed by atoms with Crippen molar-refractivity contribution < 1.29 is 55.6 Å². The number of carbonyl (C=O) groups is 2. The van der Waals surface area contributed by atoms with Crippen molar-refractivity contribution in [3.63, 3.8) is 0 Å². The summed E-state index contributed by atoms with van der Waals surface area (Å²) in [6.45, 7) is 14.2. The van der Waals surface area contributed by atoms with Crippen LogP contribution in [-0.4, -0.2) is 102 Å². The van der Waals surface area contributed by atoms with Crippen LogP contribution < -0.4 is 9.47 Å². The summed E-state index contributed by atoms with van der Waals surface area (Å²) in [5.74, 6) is -3.35. The number of benzene rings is 2. The summed E-state index contributed by atoms with van der Waals surface area (Å²) in [5.41, 5.74) is 7.74. The predicted octanol–water partition coefficient (Wildman–Crippen LogP) is 7.79. The Hall–Kier alpha value is -3.98. The number of aliphatic carboxylic acids is 2. The van der Waals surface area contributed by atoms with Gasteiger partial charge in [-0.05, 0) is 132 Å². The monoisotopic (exact) mass is 717 g/mol. The summed E-state index contributed by atoms with van der Waals surface area (Å²) in [6.07, 6.45) is -4.98. The number of aromatic amines is 1. The Balaban J connectivity index is 0.000000408. The molecule has 0 atom stereocenters. The Morgan fingerprint density at radius 1 is 0.820 bits per heavy atom. The van der Waals surface area contributed by atoms with E-state index in [1.54, 1.807) is 14.2 Å². The molecule has 0 radical (unpaired) electrons. The second kappa shape index (κ2) is 16.8. The van der Waals surface area contributed by atoms with Crippen LogP contribution in [0.2, 0.25) is 0 Å². The number of rotatable bonds is 6. The first kappa shape index (κ1) is 40.4. The zero-order valence-corrected chi connectivity index (χ0v) is 29.0. The lowest BCUT2D eigenvalue weighted by Crippen LogP contribution is -2.48. The van der Waals surface area contributed by atoms with Gasteiger partial charge in [0.25, 0.3) is 0 Å². The highest BCUT2D eigenvalue weighted by molar-refractivity contribution is 5.92. The highest BCUT2D eigenvalue weighted by Gasteiger charge is 2.39. The fourth-order valence-electron chi connectivity index (χ4n) is 6.56. The molecule has 3 N–H and O–H groups in total. The number of piperidine rings is 2. The van der Waals surface area contributed by atoms with E-state index in [1.165, 1.54) is 79.5 Å². The van der Waals surface area contributed by atoms with Crippen LogP contribution in [0.5, 0.6) is 11.5 Å². The molecular weight excluding hydrogens is 672 g/mol. The number of fused-ring (bicyclic) bond motifs is 1. The number of aromatic nitrogens is 1. The van der Waals surface area contributed by atoms with E-state index in [9.17, 15) is 26.3 Å². The third-order valence-corrected chi connectivity index (χ3v) is 9.32. The van der Waals surface area contributed by atoms with Gasteiger partial charge in [-0.25, -0.2) is 9.59 Å². The van der Waals surface area contributed by atoms with E-state index >= 15 is 0 Å². The van der Waals surface area contributed by atoms with Crippen molar-refractivity contribution >= 4 is 22.8 Å². The van der Waals surface area contributed by atoms with E-state index in [1.807, 2.05) is 6.07 Å². The van der Waals surface area contributed by atoms with Crippen LogP contribution in [0, 0.1) is 13.8 Å². The van der Waals surface area contributed by atoms with Gasteiger partial charge in [0, 0.05) is 34.2 Å². The van der Waals surface area contributed by atoms with Crippen molar-refractivity contribution in [2.45, 2.75) is 83.7 Å². The van der Waals surface area contributed by atoms with Crippen LogP contribution >= 0.6 is 0 Å². The Bertz CT molecular complexity index is 1580. The van der Waals surface area contributed by atoms with Crippen LogP contribution in [0.4, 0.5) is 26.3 Å². The van der Waals surface area contributed by atoms with Gasteiger partial charge in [0.15, 0.2) is 11.5 Å². The number of methoxy groups -OCH3 is 2. The number of likely N-dealkylation sites (tertiary alicyclic amines) is 2. The van der Waals surface area contributed by atoms with Crippen LogP contribution in [-0.2, 0) is 9.59 Å². The Kier molecular flexibility index (Phi) is 13.6. The molecule has 2 saturated heterocycles. The van der Waals surface area contributed by atoms with Gasteiger partial charge >= 0.3 is 24.3 Å². The minimum Gasteiger partial charge on any atom is -0.493 e. The largest absolute Gasteiger partial charge is 0.493 e. The minimum atomic E-state index is -5.08. The molecular formula is C35H45F6N3O6. The highest BCUT2D eigenvalue weighted by Crippen LogP contribution is 2.39. The van der Waals surface area contributed by atoms with Gasteiger partial charge in [-0.15, -0.1) is 0 Å². The summed E-state index contributed by atoms with van der Waals surface area (Å²) in [7, 11) is 3.37. The first-order chi connectivity index (χ1) is 23.3. The molecule has 0 unspecified atom stereocenters. The summed E-state index contributed by atoms with van der Waals surface area (Å²) in [4.78, 5) is 26.9. The molecule has 3 aromatic rings. The lowest BCUT2D eigenvalue weighted by Gasteiger charge is -2.43. The molecule has 9 nitrogen and oxygen atoms in total. The number of aryl methyl sites for hydroxylation is 2.